The van der Waals surface area contributed by atoms with Crippen molar-refractivity contribution >= 4 is 69.9 Å². The van der Waals surface area contributed by atoms with E-state index < -0.39 is 5.76 Å². The molecule has 0 amide bonds. The average Bonchev–Trinajstić information content (AvgIpc) is 2.63. The Labute approximate surface area is 148 Å². The molecule has 0 atom stereocenters. The molecular weight excluding hydrogens is 404 g/mol. The highest BCUT2D eigenvalue weighted by Gasteiger charge is 2.23. The number of rotatable bonds is 4. The molecule has 0 fully saturated rings. The number of halogens is 6. The van der Waals surface area contributed by atoms with E-state index in [9.17, 15) is 8.78 Å². The van der Waals surface area contributed by atoms with E-state index in [1.165, 1.54) is 28.5 Å². The molecule has 0 spiro atoms. The smallest absolute Gasteiger partial charge is 0.278 e. The third-order valence-corrected chi connectivity index (χ3v) is 4.95. The van der Waals surface area contributed by atoms with Gasteiger partial charge in [-0.1, -0.05) is 46.4 Å². The van der Waals surface area contributed by atoms with E-state index in [1.54, 1.807) is 6.26 Å². The Kier molecular flexibility index (Phi) is 5.96. The van der Waals surface area contributed by atoms with E-state index in [4.69, 9.17) is 46.4 Å². The van der Waals surface area contributed by atoms with Crippen LogP contribution in [0.4, 0.5) is 8.78 Å². The molecule has 1 aromatic heterocycles. The maximum absolute atomic E-state index is 12.7. The first kappa shape index (κ1) is 17.5. The van der Waals surface area contributed by atoms with Crippen LogP contribution in [-0.2, 0) is 0 Å². The number of hydrogen-bond donors (Lipinski definition) is 0. The van der Waals surface area contributed by atoms with Crippen molar-refractivity contribution in [2.75, 3.05) is 6.26 Å². The molecule has 0 unspecified atom stereocenters. The molecule has 0 N–H and O–H groups in total. The summed E-state index contributed by atoms with van der Waals surface area (Å²) >= 11 is 25.7. The normalized spacial score (nSPS) is 11.4. The van der Waals surface area contributed by atoms with Crippen LogP contribution in [-0.4, -0.2) is 21.6 Å². The summed E-state index contributed by atoms with van der Waals surface area (Å²) in [5.74, 6) is -2.65. The molecule has 0 aliphatic rings. The summed E-state index contributed by atoms with van der Waals surface area (Å²) in [5.41, 5.74) is 0.314. The predicted molar refractivity (Wildman–Crippen MR) is 87.2 cm³/mol. The number of thioether (sulfide) groups is 2. The molecule has 0 aliphatic carbocycles. The lowest BCUT2D eigenvalue weighted by Gasteiger charge is -2.14. The lowest BCUT2D eigenvalue weighted by atomic mass is 10.3. The Morgan fingerprint density at radius 1 is 1.14 bits per heavy atom. The Balaban J connectivity index is 2.72. The van der Waals surface area contributed by atoms with Crippen molar-refractivity contribution in [2.45, 2.75) is 15.9 Å². The van der Waals surface area contributed by atoms with Gasteiger partial charge in [-0.3, -0.25) is 4.57 Å². The van der Waals surface area contributed by atoms with E-state index in [1.807, 2.05) is 0 Å². The van der Waals surface area contributed by atoms with Gasteiger partial charge in [0.15, 0.2) is 10.3 Å². The van der Waals surface area contributed by atoms with E-state index in [-0.39, 0.29) is 32.1 Å². The highest BCUT2D eigenvalue weighted by atomic mass is 35.5. The van der Waals surface area contributed by atoms with Gasteiger partial charge in [0.1, 0.15) is 5.03 Å². The van der Waals surface area contributed by atoms with Crippen molar-refractivity contribution in [2.24, 2.45) is 0 Å². The molecule has 10 heteroatoms. The van der Waals surface area contributed by atoms with E-state index in [0.29, 0.717) is 15.7 Å². The van der Waals surface area contributed by atoms with Gasteiger partial charge in [0.25, 0.3) is 5.76 Å². The second-order valence-electron chi connectivity index (χ2n) is 3.63. The van der Waals surface area contributed by atoms with E-state index >= 15 is 0 Å². The number of alkyl halides is 2. The van der Waals surface area contributed by atoms with Gasteiger partial charge in [-0.25, -0.2) is 4.98 Å². The van der Waals surface area contributed by atoms with Gasteiger partial charge in [0.2, 0.25) is 0 Å². The first-order valence-electron chi connectivity index (χ1n) is 5.27. The molecule has 2 nitrogen and oxygen atoms in total. The molecule has 0 aliphatic heterocycles. The summed E-state index contributed by atoms with van der Waals surface area (Å²) in [7, 11) is 0. The van der Waals surface area contributed by atoms with Crippen molar-refractivity contribution in [3.8, 4) is 5.69 Å². The van der Waals surface area contributed by atoms with Crippen molar-refractivity contribution in [3.05, 3.63) is 32.4 Å². The molecule has 2 rings (SSSR count). The van der Waals surface area contributed by atoms with Crippen LogP contribution in [0, 0.1) is 0 Å². The first-order valence-corrected chi connectivity index (χ1v) is 8.88. The van der Waals surface area contributed by atoms with Gasteiger partial charge in [-0.05, 0) is 30.2 Å². The third-order valence-electron chi connectivity index (χ3n) is 2.36. The van der Waals surface area contributed by atoms with Crippen LogP contribution >= 0.6 is 69.9 Å². The summed E-state index contributed by atoms with van der Waals surface area (Å²) in [4.78, 5) is 3.94. The third kappa shape index (κ3) is 3.74. The molecular formula is C11H6Cl4F2N2S2. The summed E-state index contributed by atoms with van der Waals surface area (Å²) < 4.78 is 26.8. The zero-order valence-corrected chi connectivity index (χ0v) is 14.9. The van der Waals surface area contributed by atoms with Crippen LogP contribution in [0.5, 0.6) is 0 Å². The minimum Gasteiger partial charge on any atom is -0.278 e. The first-order chi connectivity index (χ1) is 9.85. The highest BCUT2D eigenvalue weighted by molar-refractivity contribution is 7.99. The summed E-state index contributed by atoms with van der Waals surface area (Å²) in [5, 5.41) is 1.35. The second kappa shape index (κ2) is 7.15. The lowest BCUT2D eigenvalue weighted by Crippen LogP contribution is -2.01. The van der Waals surface area contributed by atoms with Gasteiger partial charge in [-0.15, -0.1) is 11.8 Å². The zero-order valence-electron chi connectivity index (χ0n) is 10.2. The molecule has 0 radical (unpaired) electrons. The number of imidazole rings is 1. The number of aromatic nitrogens is 2. The number of nitrogens with zero attached hydrogens (tertiary/aromatic N) is 2. The van der Waals surface area contributed by atoms with Gasteiger partial charge in [0.05, 0.1) is 15.7 Å². The Morgan fingerprint density at radius 3 is 2.19 bits per heavy atom. The van der Waals surface area contributed by atoms with Gasteiger partial charge < -0.3 is 0 Å². The molecule has 0 saturated heterocycles. The minimum absolute atomic E-state index is 0.00507. The molecule has 0 saturated carbocycles. The topological polar surface area (TPSA) is 17.8 Å². The molecule has 2 aromatic rings. The average molecular weight is 410 g/mol. The SMILES string of the molecule is CSc1c(Cl)nc(SC(F)F)n1-c1c(Cl)cc(Cl)cc1Cl. The Morgan fingerprint density at radius 2 is 1.71 bits per heavy atom. The molecule has 0 bridgehead atoms. The van der Waals surface area contributed by atoms with Crippen LogP contribution in [0.3, 0.4) is 0 Å². The Bertz CT molecular complexity index is 655. The highest BCUT2D eigenvalue weighted by Crippen LogP contribution is 2.41. The largest absolute Gasteiger partial charge is 0.291 e. The molecule has 1 heterocycles. The van der Waals surface area contributed by atoms with E-state index in [0.717, 1.165) is 0 Å². The van der Waals surface area contributed by atoms with Crippen LogP contribution in [0.15, 0.2) is 22.3 Å². The number of hydrogen-bond acceptors (Lipinski definition) is 3. The fourth-order valence-electron chi connectivity index (χ4n) is 1.64. The predicted octanol–water partition coefficient (Wildman–Crippen LogP) is 6.52. The quantitative estimate of drug-likeness (QED) is 0.535. The Hall–Kier alpha value is 0.150. The monoisotopic (exact) mass is 408 g/mol. The minimum atomic E-state index is -2.65. The van der Waals surface area contributed by atoms with Crippen LogP contribution in [0.1, 0.15) is 0 Å². The van der Waals surface area contributed by atoms with Crippen LogP contribution in [0.2, 0.25) is 20.2 Å². The summed E-state index contributed by atoms with van der Waals surface area (Å²) in [6.45, 7) is 0. The molecule has 114 valence electrons. The van der Waals surface area contributed by atoms with Crippen molar-refractivity contribution in [3.63, 3.8) is 0 Å². The maximum atomic E-state index is 12.7. The standard InChI is InChI=1S/C11H6Cl4F2N2S2/c1-20-9-8(15)18-11(21-10(16)17)19(9)7-5(13)2-4(12)3-6(7)14/h2-3,10H,1H3. The van der Waals surface area contributed by atoms with Crippen molar-refractivity contribution < 1.29 is 8.78 Å². The fourth-order valence-corrected chi connectivity index (χ4v) is 4.30. The molecule has 21 heavy (non-hydrogen) atoms. The fraction of sp³-hybridized carbons (Fsp3) is 0.182. The molecule has 1 aromatic carbocycles. The zero-order chi connectivity index (χ0) is 15.7. The second-order valence-corrected chi connectivity index (χ2v) is 6.99. The van der Waals surface area contributed by atoms with Crippen molar-refractivity contribution in [1.29, 1.82) is 0 Å². The lowest BCUT2D eigenvalue weighted by molar-refractivity contribution is 0.251. The maximum Gasteiger partial charge on any atom is 0.291 e. The summed E-state index contributed by atoms with van der Waals surface area (Å²) in [6, 6.07) is 2.94. The van der Waals surface area contributed by atoms with Crippen LogP contribution < -0.4 is 0 Å². The van der Waals surface area contributed by atoms with Gasteiger partial charge in [-0.2, -0.15) is 8.78 Å². The van der Waals surface area contributed by atoms with Gasteiger partial charge >= 0.3 is 0 Å². The van der Waals surface area contributed by atoms with Crippen molar-refractivity contribution in [1.82, 2.24) is 9.55 Å². The summed E-state index contributed by atoms with van der Waals surface area (Å²) in [6.07, 6.45) is 1.74. The van der Waals surface area contributed by atoms with E-state index in [2.05, 4.69) is 4.98 Å². The van der Waals surface area contributed by atoms with Crippen LogP contribution in [0.25, 0.3) is 5.69 Å². The number of benzene rings is 1. The van der Waals surface area contributed by atoms with Gasteiger partial charge in [0, 0.05) is 5.02 Å².